The fourth-order valence-electron chi connectivity index (χ4n) is 1.21. The molecule has 2 aliphatic heterocycles. The lowest BCUT2D eigenvalue weighted by Crippen LogP contribution is -2.33. The van der Waals surface area contributed by atoms with Gasteiger partial charge in [-0.15, -0.1) is 23.5 Å². The summed E-state index contributed by atoms with van der Waals surface area (Å²) < 4.78 is 0.569. The first kappa shape index (κ1) is 8.59. The minimum absolute atomic E-state index is 0.381. The quantitative estimate of drug-likeness (QED) is 0.565. The average molecular weight is 203 g/mol. The van der Waals surface area contributed by atoms with E-state index in [9.17, 15) is 0 Å². The number of rotatable bonds is 1. The van der Waals surface area contributed by atoms with Gasteiger partial charge >= 0.3 is 0 Å². The fourth-order valence-corrected chi connectivity index (χ4v) is 3.96. The summed E-state index contributed by atoms with van der Waals surface area (Å²) in [5.41, 5.74) is 7.12. The molecule has 1 saturated heterocycles. The first-order valence-corrected chi connectivity index (χ1v) is 6.12. The van der Waals surface area contributed by atoms with Crippen molar-refractivity contribution in [3.05, 3.63) is 11.9 Å². The average Bonchev–Trinajstić information content (AvgIpc) is 2.58. The van der Waals surface area contributed by atoms with E-state index in [1.807, 2.05) is 23.5 Å². The molecule has 0 aromatic rings. The molecule has 0 amide bonds. The minimum Gasteiger partial charge on any atom is -0.372 e. The highest BCUT2D eigenvalue weighted by molar-refractivity contribution is 8.17. The highest BCUT2D eigenvalue weighted by Crippen LogP contribution is 2.34. The molecule has 4 N–H and O–H groups in total. The molecule has 2 heterocycles. The predicted molar refractivity (Wildman–Crippen MR) is 55.9 cm³/mol. The first-order valence-electron chi connectivity index (χ1n) is 4.02. The van der Waals surface area contributed by atoms with Gasteiger partial charge in [0, 0.05) is 23.7 Å². The second kappa shape index (κ2) is 3.81. The molecule has 2 aliphatic rings. The van der Waals surface area contributed by atoms with Crippen molar-refractivity contribution in [2.24, 2.45) is 5.73 Å². The van der Waals surface area contributed by atoms with Gasteiger partial charge in [-0.05, 0) is 0 Å². The third-order valence-electron chi connectivity index (χ3n) is 1.83. The van der Waals surface area contributed by atoms with E-state index in [-0.39, 0.29) is 0 Å². The van der Waals surface area contributed by atoms with Crippen LogP contribution in [0.5, 0.6) is 0 Å². The Balaban J connectivity index is 1.88. The van der Waals surface area contributed by atoms with E-state index >= 15 is 0 Å². The van der Waals surface area contributed by atoms with Gasteiger partial charge in [-0.3, -0.25) is 0 Å². The van der Waals surface area contributed by atoms with Gasteiger partial charge in [-0.1, -0.05) is 0 Å². The Labute approximate surface area is 80.9 Å². The van der Waals surface area contributed by atoms with Crippen molar-refractivity contribution in [2.45, 2.75) is 10.6 Å². The van der Waals surface area contributed by atoms with Crippen LogP contribution in [0.3, 0.4) is 0 Å². The number of hydrogen-bond acceptors (Lipinski definition) is 5. The van der Waals surface area contributed by atoms with E-state index in [1.54, 1.807) is 0 Å². The monoisotopic (exact) mass is 203 g/mol. The molecule has 5 heteroatoms. The summed E-state index contributed by atoms with van der Waals surface area (Å²) in [5, 5.41) is 6.46. The van der Waals surface area contributed by atoms with Gasteiger partial charge in [0.15, 0.2) is 0 Å². The maximum atomic E-state index is 5.80. The molecule has 0 unspecified atom stereocenters. The molecular weight excluding hydrogens is 190 g/mol. The lowest BCUT2D eigenvalue weighted by Gasteiger charge is -2.25. The lowest BCUT2D eigenvalue weighted by atomic mass is 10.4. The molecule has 2 rings (SSSR count). The van der Waals surface area contributed by atoms with Gasteiger partial charge in [0.05, 0.1) is 16.9 Å². The van der Waals surface area contributed by atoms with E-state index in [0.29, 0.717) is 10.6 Å². The van der Waals surface area contributed by atoms with Crippen molar-refractivity contribution < 1.29 is 0 Å². The number of thioether (sulfide) groups is 2. The number of nitrogens with two attached hydrogens (primary N) is 1. The van der Waals surface area contributed by atoms with Crippen molar-refractivity contribution in [2.75, 3.05) is 18.2 Å². The van der Waals surface area contributed by atoms with E-state index in [4.69, 9.17) is 5.73 Å². The summed E-state index contributed by atoms with van der Waals surface area (Å²) in [7, 11) is 0. The topological polar surface area (TPSA) is 50.1 Å². The predicted octanol–water partition coefficient (Wildman–Crippen LogP) is 0.112. The highest BCUT2D eigenvalue weighted by Gasteiger charge is 2.23. The molecule has 3 nitrogen and oxygen atoms in total. The molecule has 0 aromatic carbocycles. The van der Waals surface area contributed by atoms with Gasteiger partial charge in [0.1, 0.15) is 0 Å². The largest absolute Gasteiger partial charge is 0.372 e. The number of hydrogen-bond donors (Lipinski definition) is 3. The summed E-state index contributed by atoms with van der Waals surface area (Å²) in [5.74, 6) is 2.16. The zero-order valence-corrected chi connectivity index (χ0v) is 8.38. The smallest absolute Gasteiger partial charge is 0.0912 e. The highest BCUT2D eigenvalue weighted by atomic mass is 32.2. The summed E-state index contributed by atoms with van der Waals surface area (Å²) >= 11 is 3.87. The Morgan fingerprint density at radius 1 is 1.42 bits per heavy atom. The molecule has 0 bridgehead atoms. The second-order valence-electron chi connectivity index (χ2n) is 2.92. The maximum absolute atomic E-state index is 5.80. The molecule has 0 aliphatic carbocycles. The lowest BCUT2D eigenvalue weighted by molar-refractivity contribution is 0.805. The van der Waals surface area contributed by atoms with Gasteiger partial charge in [0.25, 0.3) is 0 Å². The fraction of sp³-hybridized carbons (Fsp3) is 0.714. The molecule has 0 spiro atoms. The summed E-state index contributed by atoms with van der Waals surface area (Å²) in [6.07, 6.45) is 2.07. The molecule has 68 valence electrons. The van der Waals surface area contributed by atoms with Crippen LogP contribution in [0.1, 0.15) is 0 Å². The molecule has 1 fully saturated rings. The van der Waals surface area contributed by atoms with Crippen LogP contribution in [-0.4, -0.2) is 28.8 Å². The minimum atomic E-state index is 0.381. The van der Waals surface area contributed by atoms with Gasteiger partial charge < -0.3 is 16.4 Å². The SMILES string of the molecule is NC1CSC(C2=CNCN2)SC1. The third kappa shape index (κ3) is 1.84. The maximum Gasteiger partial charge on any atom is 0.0912 e. The van der Waals surface area contributed by atoms with E-state index in [1.165, 1.54) is 5.70 Å². The van der Waals surface area contributed by atoms with Gasteiger partial charge in [0.2, 0.25) is 0 Å². The van der Waals surface area contributed by atoms with Gasteiger partial charge in [-0.2, -0.15) is 0 Å². The van der Waals surface area contributed by atoms with Crippen molar-refractivity contribution in [3.8, 4) is 0 Å². The Kier molecular flexibility index (Phi) is 2.73. The molecule has 0 radical (unpaired) electrons. The van der Waals surface area contributed by atoms with Crippen LogP contribution in [0, 0.1) is 0 Å². The zero-order chi connectivity index (χ0) is 8.39. The van der Waals surface area contributed by atoms with Crippen LogP contribution in [-0.2, 0) is 0 Å². The Morgan fingerprint density at radius 3 is 2.75 bits per heavy atom. The molecule has 0 atom stereocenters. The molecule has 0 aromatic heterocycles. The van der Waals surface area contributed by atoms with E-state index in [0.717, 1.165) is 18.2 Å². The van der Waals surface area contributed by atoms with Gasteiger partial charge in [-0.25, -0.2) is 0 Å². The van der Waals surface area contributed by atoms with Crippen molar-refractivity contribution >= 4 is 23.5 Å². The number of nitrogens with one attached hydrogen (secondary N) is 2. The standard InChI is InChI=1S/C7H13N3S2/c8-5-2-11-7(12-3-5)6-1-9-4-10-6/h1,5,7,9-10H,2-4,8H2. The van der Waals surface area contributed by atoms with Crippen LogP contribution in [0.4, 0.5) is 0 Å². The van der Waals surface area contributed by atoms with Crippen LogP contribution in [0.2, 0.25) is 0 Å². The van der Waals surface area contributed by atoms with Crippen LogP contribution >= 0.6 is 23.5 Å². The van der Waals surface area contributed by atoms with Crippen molar-refractivity contribution in [1.82, 2.24) is 10.6 Å². The first-order chi connectivity index (χ1) is 5.86. The Bertz CT molecular complexity index is 187. The summed E-state index contributed by atoms with van der Waals surface area (Å²) in [6, 6.07) is 0.381. The second-order valence-corrected chi connectivity index (χ2v) is 5.49. The van der Waals surface area contributed by atoms with Crippen molar-refractivity contribution in [3.63, 3.8) is 0 Å². The third-order valence-corrected chi connectivity index (χ3v) is 5.00. The summed E-state index contributed by atoms with van der Waals surface area (Å²) in [4.78, 5) is 0. The normalized spacial score (nSPS) is 35.2. The zero-order valence-electron chi connectivity index (χ0n) is 6.75. The van der Waals surface area contributed by atoms with Crippen LogP contribution < -0.4 is 16.4 Å². The Morgan fingerprint density at radius 2 is 2.17 bits per heavy atom. The van der Waals surface area contributed by atoms with Crippen LogP contribution in [0.25, 0.3) is 0 Å². The van der Waals surface area contributed by atoms with Crippen molar-refractivity contribution in [1.29, 1.82) is 0 Å². The van der Waals surface area contributed by atoms with E-state index < -0.39 is 0 Å². The molecule has 12 heavy (non-hydrogen) atoms. The summed E-state index contributed by atoms with van der Waals surface area (Å²) in [6.45, 7) is 0.874. The molecule has 0 saturated carbocycles. The Hall–Kier alpha value is -0.0000000000000000555. The molecular formula is C7H13N3S2. The van der Waals surface area contributed by atoms with E-state index in [2.05, 4.69) is 16.8 Å². The van der Waals surface area contributed by atoms with Crippen LogP contribution in [0.15, 0.2) is 11.9 Å².